The van der Waals surface area contributed by atoms with Crippen molar-refractivity contribution in [3.63, 3.8) is 0 Å². The van der Waals surface area contributed by atoms with Crippen LogP contribution >= 0.6 is 34.8 Å². The van der Waals surface area contributed by atoms with Crippen molar-refractivity contribution in [3.05, 3.63) is 28.8 Å². The van der Waals surface area contributed by atoms with Crippen LogP contribution in [-0.2, 0) is 4.79 Å². The molecule has 0 bridgehead atoms. The molecular formula is C11H10Cl3NO. The highest BCUT2D eigenvalue weighted by Gasteiger charge is 2.56. The number of alkyl halides is 2. The summed E-state index contributed by atoms with van der Waals surface area (Å²) in [5.74, 6) is -0.482. The number of halogens is 3. The molecule has 5 heteroatoms. The van der Waals surface area contributed by atoms with Gasteiger partial charge in [-0.25, -0.2) is 0 Å². The third-order valence-electron chi connectivity index (χ3n) is 2.67. The van der Waals surface area contributed by atoms with Crippen molar-refractivity contribution in [1.82, 2.24) is 0 Å². The predicted octanol–water partition coefficient (Wildman–Crippen LogP) is 3.78. The van der Waals surface area contributed by atoms with Gasteiger partial charge in [0.2, 0.25) is 5.91 Å². The smallest absolute Gasteiger partial charge is 0.230 e. The second kappa shape index (κ2) is 4.10. The van der Waals surface area contributed by atoms with Gasteiger partial charge < -0.3 is 5.32 Å². The Morgan fingerprint density at radius 3 is 2.69 bits per heavy atom. The van der Waals surface area contributed by atoms with Crippen LogP contribution in [0.1, 0.15) is 12.0 Å². The van der Waals surface area contributed by atoms with Crippen LogP contribution in [0.25, 0.3) is 0 Å². The molecule has 86 valence electrons. The Bertz CT molecular complexity index is 445. The van der Waals surface area contributed by atoms with Crippen molar-refractivity contribution in [2.24, 2.45) is 5.92 Å². The Hall–Kier alpha value is -0.440. The third kappa shape index (κ3) is 2.29. The number of benzene rings is 1. The molecule has 1 fully saturated rings. The van der Waals surface area contributed by atoms with E-state index in [4.69, 9.17) is 34.8 Å². The standard InChI is InChI=1S/C11H10Cl3NO/c1-6-8(12)3-2-4-9(6)15-10(16)7-5-11(7,13)14/h2-4,7H,5H2,1H3,(H,15,16). The van der Waals surface area contributed by atoms with E-state index in [-0.39, 0.29) is 11.8 Å². The largest absolute Gasteiger partial charge is 0.325 e. The lowest BCUT2D eigenvalue weighted by molar-refractivity contribution is -0.117. The second-order valence-corrected chi connectivity index (χ2v) is 5.87. The zero-order valence-corrected chi connectivity index (χ0v) is 10.8. The van der Waals surface area contributed by atoms with Gasteiger partial charge >= 0.3 is 0 Å². The van der Waals surface area contributed by atoms with Crippen molar-refractivity contribution in [2.45, 2.75) is 17.7 Å². The number of carbonyl (C=O) groups is 1. The maximum absolute atomic E-state index is 11.7. The summed E-state index contributed by atoms with van der Waals surface area (Å²) in [6.45, 7) is 1.85. The lowest BCUT2D eigenvalue weighted by Gasteiger charge is -2.09. The minimum atomic E-state index is -0.892. The molecule has 1 aliphatic carbocycles. The van der Waals surface area contributed by atoms with E-state index in [1.54, 1.807) is 18.2 Å². The van der Waals surface area contributed by atoms with Gasteiger partial charge in [-0.1, -0.05) is 17.7 Å². The first-order valence-corrected chi connectivity index (χ1v) is 5.99. The molecule has 1 aromatic rings. The molecule has 0 radical (unpaired) electrons. The molecule has 0 aliphatic heterocycles. The SMILES string of the molecule is Cc1c(Cl)cccc1NC(=O)C1CC1(Cl)Cl. The molecule has 1 N–H and O–H groups in total. The van der Waals surface area contributed by atoms with E-state index in [1.165, 1.54) is 0 Å². The summed E-state index contributed by atoms with van der Waals surface area (Å²) in [4.78, 5) is 11.7. The van der Waals surface area contributed by atoms with E-state index in [0.717, 1.165) is 5.56 Å². The number of hydrogen-bond acceptors (Lipinski definition) is 1. The van der Waals surface area contributed by atoms with Crippen LogP contribution in [0.4, 0.5) is 5.69 Å². The Labute approximate surface area is 109 Å². The quantitative estimate of drug-likeness (QED) is 0.820. The summed E-state index contributed by atoms with van der Waals surface area (Å²) >= 11 is 17.6. The molecule has 1 unspecified atom stereocenters. The van der Waals surface area contributed by atoms with Crippen LogP contribution in [0.2, 0.25) is 5.02 Å². The van der Waals surface area contributed by atoms with Crippen molar-refractivity contribution < 1.29 is 4.79 Å². The van der Waals surface area contributed by atoms with Crippen LogP contribution in [0.15, 0.2) is 18.2 Å². The molecule has 1 aliphatic rings. The van der Waals surface area contributed by atoms with Gasteiger partial charge in [0, 0.05) is 10.7 Å². The van der Waals surface area contributed by atoms with Gasteiger partial charge in [-0.3, -0.25) is 4.79 Å². The Kier molecular flexibility index (Phi) is 3.08. The lowest BCUT2D eigenvalue weighted by atomic mass is 10.2. The van der Waals surface area contributed by atoms with Crippen molar-refractivity contribution in [1.29, 1.82) is 0 Å². The number of anilines is 1. The summed E-state index contributed by atoms with van der Waals surface area (Å²) in [5, 5.41) is 3.40. The zero-order chi connectivity index (χ0) is 11.9. The third-order valence-corrected chi connectivity index (χ3v) is 3.91. The zero-order valence-electron chi connectivity index (χ0n) is 8.56. The minimum absolute atomic E-state index is 0.157. The molecule has 1 atom stereocenters. The first-order chi connectivity index (χ1) is 7.42. The minimum Gasteiger partial charge on any atom is -0.325 e. The van der Waals surface area contributed by atoms with E-state index in [9.17, 15) is 4.79 Å². The van der Waals surface area contributed by atoms with Crippen LogP contribution < -0.4 is 5.32 Å². The highest BCUT2D eigenvalue weighted by Crippen LogP contribution is 2.53. The number of amides is 1. The Balaban J connectivity index is 2.10. The summed E-state index contributed by atoms with van der Waals surface area (Å²) < 4.78 is -0.892. The molecule has 2 nitrogen and oxygen atoms in total. The maximum Gasteiger partial charge on any atom is 0.230 e. The molecule has 0 aromatic heterocycles. The monoisotopic (exact) mass is 277 g/mol. The molecule has 0 heterocycles. The summed E-state index contributed by atoms with van der Waals surface area (Å²) in [6, 6.07) is 5.36. The average Bonchev–Trinajstić information content (AvgIpc) is 2.83. The van der Waals surface area contributed by atoms with E-state index in [1.807, 2.05) is 6.92 Å². The summed E-state index contributed by atoms with van der Waals surface area (Å²) in [5.41, 5.74) is 1.54. The van der Waals surface area contributed by atoms with Crippen LogP contribution in [0.5, 0.6) is 0 Å². The van der Waals surface area contributed by atoms with E-state index < -0.39 is 4.33 Å². The maximum atomic E-state index is 11.7. The number of carbonyl (C=O) groups excluding carboxylic acids is 1. The molecule has 0 spiro atoms. The van der Waals surface area contributed by atoms with Gasteiger partial charge in [-0.2, -0.15) is 0 Å². The molecule has 16 heavy (non-hydrogen) atoms. The molecule has 0 saturated heterocycles. The Morgan fingerprint density at radius 2 is 2.12 bits per heavy atom. The van der Waals surface area contributed by atoms with E-state index >= 15 is 0 Å². The average molecular weight is 279 g/mol. The second-order valence-electron chi connectivity index (χ2n) is 3.92. The Morgan fingerprint density at radius 1 is 1.50 bits per heavy atom. The topological polar surface area (TPSA) is 29.1 Å². The van der Waals surface area contributed by atoms with Crippen molar-refractivity contribution >= 4 is 46.4 Å². The lowest BCUT2D eigenvalue weighted by Crippen LogP contribution is -2.17. The van der Waals surface area contributed by atoms with Gasteiger partial charge in [0.15, 0.2) is 0 Å². The van der Waals surface area contributed by atoms with Crippen LogP contribution in [-0.4, -0.2) is 10.2 Å². The van der Waals surface area contributed by atoms with Crippen LogP contribution in [0.3, 0.4) is 0 Å². The predicted molar refractivity (Wildman–Crippen MR) is 67.4 cm³/mol. The van der Waals surface area contributed by atoms with E-state index in [0.29, 0.717) is 17.1 Å². The van der Waals surface area contributed by atoms with Gasteiger partial charge in [-0.05, 0) is 31.0 Å². The molecule has 1 amide bonds. The molecular weight excluding hydrogens is 268 g/mol. The summed E-state index contributed by atoms with van der Waals surface area (Å²) in [7, 11) is 0. The van der Waals surface area contributed by atoms with Crippen LogP contribution in [0, 0.1) is 12.8 Å². The van der Waals surface area contributed by atoms with Crippen molar-refractivity contribution in [2.75, 3.05) is 5.32 Å². The van der Waals surface area contributed by atoms with Gasteiger partial charge in [0.05, 0.1) is 5.92 Å². The van der Waals surface area contributed by atoms with Gasteiger partial charge in [0.25, 0.3) is 0 Å². The highest BCUT2D eigenvalue weighted by atomic mass is 35.5. The fourth-order valence-electron chi connectivity index (χ4n) is 1.46. The highest BCUT2D eigenvalue weighted by molar-refractivity contribution is 6.52. The molecule has 1 saturated carbocycles. The van der Waals surface area contributed by atoms with Gasteiger partial charge in [0.1, 0.15) is 4.33 Å². The number of rotatable bonds is 2. The fourth-order valence-corrected chi connectivity index (χ4v) is 2.14. The van der Waals surface area contributed by atoms with E-state index in [2.05, 4.69) is 5.32 Å². The summed E-state index contributed by atoms with van der Waals surface area (Å²) in [6.07, 6.45) is 0.502. The number of nitrogens with one attached hydrogen (secondary N) is 1. The van der Waals surface area contributed by atoms with Crippen molar-refractivity contribution in [3.8, 4) is 0 Å². The molecule has 2 rings (SSSR count). The molecule has 1 aromatic carbocycles. The normalized spacial score (nSPS) is 21.6. The number of hydrogen-bond donors (Lipinski definition) is 1. The first-order valence-electron chi connectivity index (χ1n) is 4.85. The first kappa shape index (κ1) is 12.0. The van der Waals surface area contributed by atoms with Gasteiger partial charge in [-0.15, -0.1) is 23.2 Å². The fraction of sp³-hybridized carbons (Fsp3) is 0.364.